The lowest BCUT2D eigenvalue weighted by Gasteiger charge is -2.33. The fourth-order valence-electron chi connectivity index (χ4n) is 4.01. The van der Waals surface area contributed by atoms with E-state index < -0.39 is 0 Å². The van der Waals surface area contributed by atoms with E-state index >= 15 is 0 Å². The Morgan fingerprint density at radius 3 is 2.72 bits per heavy atom. The van der Waals surface area contributed by atoms with Gasteiger partial charge in [-0.15, -0.1) is 0 Å². The van der Waals surface area contributed by atoms with E-state index in [1.165, 1.54) is 0 Å². The fraction of sp³-hybridized carbons (Fsp3) is 0.476. The molecule has 2 aliphatic heterocycles. The molecule has 0 unspecified atom stereocenters. The topological polar surface area (TPSA) is 96.6 Å². The van der Waals surface area contributed by atoms with E-state index in [-0.39, 0.29) is 43.0 Å². The summed E-state index contributed by atoms with van der Waals surface area (Å²) < 4.78 is 5.45. The van der Waals surface area contributed by atoms with Crippen molar-refractivity contribution >= 4 is 17.7 Å². The first-order valence-corrected chi connectivity index (χ1v) is 10.0. The number of piperidine rings is 1. The summed E-state index contributed by atoms with van der Waals surface area (Å²) >= 11 is 0. The summed E-state index contributed by atoms with van der Waals surface area (Å²) in [4.78, 5) is 43.5. The SMILES string of the molecule is Cc1ccccc1-c1noc(C[C@@H]2CCCN(C(=O)CN3C(=O)CCC3=O)C2)n1. The molecule has 2 aromatic rings. The van der Waals surface area contributed by atoms with Crippen LogP contribution in [0.15, 0.2) is 28.8 Å². The first-order valence-electron chi connectivity index (χ1n) is 10.0. The van der Waals surface area contributed by atoms with Crippen molar-refractivity contribution in [2.24, 2.45) is 5.92 Å². The molecule has 1 atom stereocenters. The minimum atomic E-state index is -0.258. The van der Waals surface area contributed by atoms with Crippen LogP contribution in [0.2, 0.25) is 0 Å². The van der Waals surface area contributed by atoms with Crippen molar-refractivity contribution < 1.29 is 18.9 Å². The minimum absolute atomic E-state index is 0.150. The highest BCUT2D eigenvalue weighted by Crippen LogP contribution is 2.24. The number of nitrogens with zero attached hydrogens (tertiary/aromatic N) is 4. The molecule has 2 fully saturated rings. The zero-order chi connectivity index (χ0) is 20.4. The molecule has 152 valence electrons. The van der Waals surface area contributed by atoms with Crippen molar-refractivity contribution in [3.8, 4) is 11.4 Å². The Morgan fingerprint density at radius 2 is 1.97 bits per heavy atom. The maximum atomic E-state index is 12.6. The van der Waals surface area contributed by atoms with Crippen molar-refractivity contribution in [1.29, 1.82) is 0 Å². The van der Waals surface area contributed by atoms with Crippen LogP contribution in [-0.2, 0) is 20.8 Å². The van der Waals surface area contributed by atoms with Gasteiger partial charge in [-0.2, -0.15) is 4.98 Å². The van der Waals surface area contributed by atoms with Crippen LogP contribution in [0.1, 0.15) is 37.1 Å². The number of rotatable bonds is 5. The number of amides is 3. The molecule has 0 radical (unpaired) electrons. The van der Waals surface area contributed by atoms with Gasteiger partial charge in [0.1, 0.15) is 6.54 Å². The Labute approximate surface area is 168 Å². The van der Waals surface area contributed by atoms with Gasteiger partial charge in [0.15, 0.2) is 0 Å². The molecule has 8 heteroatoms. The van der Waals surface area contributed by atoms with Gasteiger partial charge in [-0.05, 0) is 31.2 Å². The second-order valence-electron chi connectivity index (χ2n) is 7.75. The third-order valence-corrected chi connectivity index (χ3v) is 5.64. The lowest BCUT2D eigenvalue weighted by Crippen LogP contribution is -2.46. The predicted molar refractivity (Wildman–Crippen MR) is 103 cm³/mol. The number of aryl methyl sites for hydroxylation is 1. The molecule has 0 spiro atoms. The molecule has 0 bridgehead atoms. The molecule has 0 aliphatic carbocycles. The number of aromatic nitrogens is 2. The molecule has 1 aromatic carbocycles. The minimum Gasteiger partial charge on any atom is -0.341 e. The molecule has 0 saturated carbocycles. The lowest BCUT2D eigenvalue weighted by atomic mass is 9.94. The zero-order valence-corrected chi connectivity index (χ0v) is 16.5. The van der Waals surface area contributed by atoms with E-state index in [1.54, 1.807) is 4.90 Å². The van der Waals surface area contributed by atoms with Crippen molar-refractivity contribution in [3.05, 3.63) is 35.7 Å². The van der Waals surface area contributed by atoms with Crippen LogP contribution in [0.25, 0.3) is 11.4 Å². The summed E-state index contributed by atoms with van der Waals surface area (Å²) in [6.45, 7) is 3.06. The van der Waals surface area contributed by atoms with Crippen LogP contribution in [0.5, 0.6) is 0 Å². The van der Waals surface area contributed by atoms with E-state index in [4.69, 9.17) is 4.52 Å². The number of carbonyl (C=O) groups is 3. The Morgan fingerprint density at radius 1 is 1.21 bits per heavy atom. The average Bonchev–Trinajstić information content (AvgIpc) is 3.30. The number of benzene rings is 1. The number of hydrogen-bond donors (Lipinski definition) is 0. The summed E-state index contributed by atoms with van der Waals surface area (Å²) in [7, 11) is 0. The van der Waals surface area contributed by atoms with E-state index in [1.807, 2.05) is 31.2 Å². The maximum absolute atomic E-state index is 12.6. The molecule has 8 nitrogen and oxygen atoms in total. The molecule has 0 N–H and O–H groups in total. The predicted octanol–water partition coefficient (Wildman–Crippen LogP) is 1.98. The molecule has 1 aromatic heterocycles. The molecular formula is C21H24N4O4. The Bertz CT molecular complexity index is 922. The quantitative estimate of drug-likeness (QED) is 0.717. The molecular weight excluding hydrogens is 372 g/mol. The van der Waals surface area contributed by atoms with Gasteiger partial charge in [0, 0.05) is 37.9 Å². The highest BCUT2D eigenvalue weighted by molar-refractivity contribution is 6.04. The summed E-state index contributed by atoms with van der Waals surface area (Å²) in [5.41, 5.74) is 2.03. The lowest BCUT2D eigenvalue weighted by molar-refractivity contribution is -0.146. The fourth-order valence-corrected chi connectivity index (χ4v) is 4.01. The number of hydrogen-bond acceptors (Lipinski definition) is 6. The smallest absolute Gasteiger partial charge is 0.242 e. The normalized spacial score (nSPS) is 19.8. The van der Waals surface area contributed by atoms with E-state index in [9.17, 15) is 14.4 Å². The van der Waals surface area contributed by atoms with Gasteiger partial charge in [0.25, 0.3) is 0 Å². The summed E-state index contributed by atoms with van der Waals surface area (Å²) in [6.07, 6.45) is 2.85. The molecule has 29 heavy (non-hydrogen) atoms. The van der Waals surface area contributed by atoms with Crippen LogP contribution >= 0.6 is 0 Å². The van der Waals surface area contributed by atoms with Gasteiger partial charge in [0.05, 0.1) is 0 Å². The highest BCUT2D eigenvalue weighted by atomic mass is 16.5. The van der Waals surface area contributed by atoms with Crippen molar-refractivity contribution in [2.45, 2.75) is 39.0 Å². The van der Waals surface area contributed by atoms with Crippen LogP contribution in [0.3, 0.4) is 0 Å². The largest absolute Gasteiger partial charge is 0.341 e. The zero-order valence-electron chi connectivity index (χ0n) is 16.5. The summed E-state index contributed by atoms with van der Waals surface area (Å²) in [5, 5.41) is 4.10. The van der Waals surface area contributed by atoms with Crippen LogP contribution < -0.4 is 0 Å². The molecule has 2 saturated heterocycles. The van der Waals surface area contributed by atoms with E-state index in [0.717, 1.165) is 28.9 Å². The average molecular weight is 396 g/mol. The van der Waals surface area contributed by atoms with Crippen molar-refractivity contribution in [3.63, 3.8) is 0 Å². The van der Waals surface area contributed by atoms with Gasteiger partial charge >= 0.3 is 0 Å². The third-order valence-electron chi connectivity index (χ3n) is 5.64. The number of imide groups is 1. The van der Waals surface area contributed by atoms with Crippen LogP contribution in [0, 0.1) is 12.8 Å². The van der Waals surface area contributed by atoms with Gasteiger partial charge in [-0.25, -0.2) is 0 Å². The Kier molecular flexibility index (Phi) is 5.42. The van der Waals surface area contributed by atoms with Gasteiger partial charge < -0.3 is 9.42 Å². The Balaban J connectivity index is 1.37. The first kappa shape index (κ1) is 19.3. The van der Waals surface area contributed by atoms with Gasteiger partial charge in [-0.1, -0.05) is 29.4 Å². The molecule has 4 rings (SSSR count). The summed E-state index contributed by atoms with van der Waals surface area (Å²) in [5.74, 6) is 0.658. The third kappa shape index (κ3) is 4.21. The second-order valence-corrected chi connectivity index (χ2v) is 7.75. The van der Waals surface area contributed by atoms with Crippen LogP contribution in [-0.4, -0.2) is 57.3 Å². The maximum Gasteiger partial charge on any atom is 0.242 e. The van der Waals surface area contributed by atoms with Crippen molar-refractivity contribution in [2.75, 3.05) is 19.6 Å². The van der Waals surface area contributed by atoms with Crippen molar-refractivity contribution in [1.82, 2.24) is 19.9 Å². The van der Waals surface area contributed by atoms with Gasteiger partial charge in [-0.3, -0.25) is 19.3 Å². The standard InChI is InChI=1S/C21H24N4O4/c1-14-5-2-3-7-16(14)21-22-17(29-23-21)11-15-6-4-10-24(12-15)20(28)13-25-18(26)8-9-19(25)27/h2-3,5,7,15H,4,6,8-13H2,1H3/t15-/m0/s1. The number of carbonyl (C=O) groups excluding carboxylic acids is 3. The highest BCUT2D eigenvalue weighted by Gasteiger charge is 2.33. The van der Waals surface area contributed by atoms with E-state index in [2.05, 4.69) is 10.1 Å². The molecule has 2 aliphatic rings. The summed E-state index contributed by atoms with van der Waals surface area (Å²) in [6, 6.07) is 7.88. The molecule has 3 amide bonds. The first-order chi connectivity index (χ1) is 14.0. The number of likely N-dealkylation sites (tertiary alicyclic amines) is 2. The van der Waals surface area contributed by atoms with Crippen LogP contribution in [0.4, 0.5) is 0 Å². The van der Waals surface area contributed by atoms with Gasteiger partial charge in [0.2, 0.25) is 29.4 Å². The monoisotopic (exact) mass is 396 g/mol. The Hall–Kier alpha value is -3.03. The molecule has 3 heterocycles. The second kappa shape index (κ2) is 8.14. The van der Waals surface area contributed by atoms with E-state index in [0.29, 0.717) is 31.2 Å².